The molecule has 0 atom stereocenters. The average Bonchev–Trinajstić information content (AvgIpc) is 2.21. The van der Waals surface area contributed by atoms with Crippen LogP contribution < -0.4 is 0 Å². The monoisotopic (exact) mass is 244 g/mol. The van der Waals surface area contributed by atoms with Crippen LogP contribution in [0, 0.1) is 0 Å². The topological polar surface area (TPSA) is 81.1 Å². The first-order valence-corrected chi connectivity index (χ1v) is 5.98. The molecule has 0 radical (unpaired) electrons. The zero-order valence-electron chi connectivity index (χ0n) is 10.1. The Hall–Kier alpha value is -1.30. The van der Waals surface area contributed by atoms with Crippen LogP contribution in [0.15, 0.2) is 0 Å². The average molecular weight is 244 g/mol. The number of hydrogen-bond donors (Lipinski definition) is 2. The highest BCUT2D eigenvalue weighted by atomic mass is 16.4. The van der Waals surface area contributed by atoms with Crippen molar-refractivity contribution in [1.82, 2.24) is 9.80 Å². The van der Waals surface area contributed by atoms with E-state index >= 15 is 0 Å². The van der Waals surface area contributed by atoms with Gasteiger partial charge in [-0.05, 0) is 26.2 Å². The van der Waals surface area contributed by atoms with Crippen LogP contribution in [-0.4, -0.2) is 64.3 Å². The lowest BCUT2D eigenvalue weighted by molar-refractivity contribution is -0.137. The van der Waals surface area contributed by atoms with Crippen LogP contribution in [0.2, 0.25) is 0 Å². The van der Waals surface area contributed by atoms with Crippen molar-refractivity contribution in [3.63, 3.8) is 0 Å². The summed E-state index contributed by atoms with van der Waals surface area (Å²) >= 11 is 0. The van der Waals surface area contributed by atoms with Crippen molar-refractivity contribution in [3.05, 3.63) is 0 Å². The standard InChI is InChI=1S/C11H20N2O4/c1-2-12(8-10(15)16)11(17)13(6-7-14)9-4-3-5-9/h9,14H,2-8H2,1H3,(H,15,16). The van der Waals surface area contributed by atoms with Crippen LogP contribution >= 0.6 is 0 Å². The summed E-state index contributed by atoms with van der Waals surface area (Å²) in [6.45, 7) is 2.01. The number of aliphatic hydroxyl groups is 1. The highest BCUT2D eigenvalue weighted by Crippen LogP contribution is 2.25. The van der Waals surface area contributed by atoms with Gasteiger partial charge in [-0.15, -0.1) is 0 Å². The Kier molecular flexibility index (Phi) is 5.21. The van der Waals surface area contributed by atoms with E-state index in [0.29, 0.717) is 6.54 Å². The number of amides is 2. The lowest BCUT2D eigenvalue weighted by Gasteiger charge is -2.39. The fourth-order valence-electron chi connectivity index (χ4n) is 1.90. The van der Waals surface area contributed by atoms with Gasteiger partial charge in [-0.25, -0.2) is 4.79 Å². The van der Waals surface area contributed by atoms with E-state index in [0.717, 1.165) is 19.3 Å². The molecule has 0 heterocycles. The minimum Gasteiger partial charge on any atom is -0.480 e. The minimum absolute atomic E-state index is 0.0904. The molecule has 2 amide bonds. The maximum absolute atomic E-state index is 12.1. The summed E-state index contributed by atoms with van der Waals surface area (Å²) in [7, 11) is 0. The van der Waals surface area contributed by atoms with Gasteiger partial charge in [0, 0.05) is 19.1 Å². The Morgan fingerprint density at radius 1 is 1.35 bits per heavy atom. The second-order valence-electron chi connectivity index (χ2n) is 4.19. The van der Waals surface area contributed by atoms with Gasteiger partial charge in [0.2, 0.25) is 0 Å². The minimum atomic E-state index is -1.02. The first-order chi connectivity index (χ1) is 8.10. The molecule has 1 saturated carbocycles. The van der Waals surface area contributed by atoms with Crippen LogP contribution in [0.3, 0.4) is 0 Å². The lowest BCUT2D eigenvalue weighted by Crippen LogP contribution is -2.52. The molecule has 17 heavy (non-hydrogen) atoms. The fourth-order valence-corrected chi connectivity index (χ4v) is 1.90. The number of rotatable bonds is 6. The number of carbonyl (C=O) groups is 2. The van der Waals surface area contributed by atoms with Crippen LogP contribution in [0.4, 0.5) is 4.79 Å². The number of aliphatic carboxylic acids is 1. The van der Waals surface area contributed by atoms with E-state index in [1.165, 1.54) is 4.90 Å². The van der Waals surface area contributed by atoms with Crippen LogP contribution in [0.5, 0.6) is 0 Å². The van der Waals surface area contributed by atoms with E-state index in [9.17, 15) is 9.59 Å². The number of carboxylic acids is 1. The van der Waals surface area contributed by atoms with Crippen molar-refractivity contribution in [2.24, 2.45) is 0 Å². The number of carbonyl (C=O) groups excluding carboxylic acids is 1. The molecule has 0 aromatic heterocycles. The van der Waals surface area contributed by atoms with Crippen molar-refractivity contribution in [2.75, 3.05) is 26.2 Å². The number of hydrogen-bond acceptors (Lipinski definition) is 3. The van der Waals surface area contributed by atoms with Gasteiger partial charge >= 0.3 is 12.0 Å². The van der Waals surface area contributed by atoms with Gasteiger partial charge in [-0.1, -0.05) is 0 Å². The smallest absolute Gasteiger partial charge is 0.323 e. The molecule has 1 fully saturated rings. The second-order valence-corrected chi connectivity index (χ2v) is 4.19. The van der Waals surface area contributed by atoms with Crippen molar-refractivity contribution >= 4 is 12.0 Å². The number of nitrogens with zero attached hydrogens (tertiary/aromatic N) is 2. The molecule has 1 rings (SSSR count). The molecule has 98 valence electrons. The van der Waals surface area contributed by atoms with Crippen molar-refractivity contribution in [1.29, 1.82) is 0 Å². The maximum atomic E-state index is 12.1. The van der Waals surface area contributed by atoms with E-state index in [2.05, 4.69) is 0 Å². The van der Waals surface area contributed by atoms with Crippen LogP contribution in [-0.2, 0) is 4.79 Å². The molecule has 0 aromatic rings. The Bertz CT molecular complexity index is 279. The zero-order chi connectivity index (χ0) is 12.8. The van der Waals surface area contributed by atoms with Crippen LogP contribution in [0.25, 0.3) is 0 Å². The molecule has 1 aliphatic rings. The van der Waals surface area contributed by atoms with Gasteiger partial charge in [-0.3, -0.25) is 4.79 Å². The Balaban J connectivity index is 2.63. The van der Waals surface area contributed by atoms with Gasteiger partial charge in [-0.2, -0.15) is 0 Å². The fraction of sp³-hybridized carbons (Fsp3) is 0.818. The predicted octanol–water partition coefficient (Wildman–Crippen LogP) is 0.360. The maximum Gasteiger partial charge on any atom is 0.323 e. The van der Waals surface area contributed by atoms with Crippen molar-refractivity contribution in [3.8, 4) is 0 Å². The SMILES string of the molecule is CCN(CC(=O)O)C(=O)N(CCO)C1CCC1. The molecular weight excluding hydrogens is 224 g/mol. The summed E-state index contributed by atoms with van der Waals surface area (Å²) in [5.74, 6) is -1.02. The molecular formula is C11H20N2O4. The summed E-state index contributed by atoms with van der Waals surface area (Å²) < 4.78 is 0. The number of urea groups is 1. The number of aliphatic hydroxyl groups excluding tert-OH is 1. The predicted molar refractivity (Wildman–Crippen MR) is 61.7 cm³/mol. The summed E-state index contributed by atoms with van der Waals surface area (Å²) in [4.78, 5) is 25.6. The van der Waals surface area contributed by atoms with Gasteiger partial charge in [0.25, 0.3) is 0 Å². The first-order valence-electron chi connectivity index (χ1n) is 5.98. The highest BCUT2D eigenvalue weighted by molar-refractivity contribution is 5.80. The Morgan fingerprint density at radius 2 is 2.00 bits per heavy atom. The molecule has 0 saturated heterocycles. The highest BCUT2D eigenvalue weighted by Gasteiger charge is 2.31. The molecule has 0 aliphatic heterocycles. The van der Waals surface area contributed by atoms with Gasteiger partial charge in [0.05, 0.1) is 6.61 Å². The molecule has 0 spiro atoms. The van der Waals surface area contributed by atoms with E-state index in [-0.39, 0.29) is 31.8 Å². The Morgan fingerprint density at radius 3 is 2.35 bits per heavy atom. The Labute approximate surface area is 101 Å². The second kappa shape index (κ2) is 6.44. The van der Waals surface area contributed by atoms with Crippen molar-refractivity contribution in [2.45, 2.75) is 32.2 Å². The normalized spacial score (nSPS) is 15.2. The molecule has 0 unspecified atom stereocenters. The van der Waals surface area contributed by atoms with E-state index in [4.69, 9.17) is 10.2 Å². The van der Waals surface area contributed by atoms with Crippen LogP contribution in [0.1, 0.15) is 26.2 Å². The van der Waals surface area contributed by atoms with E-state index in [1.807, 2.05) is 0 Å². The summed E-state index contributed by atoms with van der Waals surface area (Å²) in [6, 6.07) is -0.119. The lowest BCUT2D eigenvalue weighted by atomic mass is 9.91. The van der Waals surface area contributed by atoms with Gasteiger partial charge < -0.3 is 20.0 Å². The van der Waals surface area contributed by atoms with Gasteiger partial charge in [0.1, 0.15) is 6.54 Å². The summed E-state index contributed by atoms with van der Waals surface area (Å²) in [6.07, 6.45) is 2.97. The summed E-state index contributed by atoms with van der Waals surface area (Å²) in [5.41, 5.74) is 0. The quantitative estimate of drug-likeness (QED) is 0.707. The third kappa shape index (κ3) is 3.59. The molecule has 6 nitrogen and oxygen atoms in total. The summed E-state index contributed by atoms with van der Waals surface area (Å²) in [5, 5.41) is 17.7. The number of likely N-dealkylation sites (N-methyl/N-ethyl adjacent to an activating group) is 1. The molecule has 0 bridgehead atoms. The van der Waals surface area contributed by atoms with E-state index in [1.54, 1.807) is 11.8 Å². The van der Waals surface area contributed by atoms with Crippen molar-refractivity contribution < 1.29 is 19.8 Å². The zero-order valence-corrected chi connectivity index (χ0v) is 10.1. The third-order valence-corrected chi connectivity index (χ3v) is 3.08. The molecule has 6 heteroatoms. The van der Waals surface area contributed by atoms with Gasteiger partial charge in [0.15, 0.2) is 0 Å². The molecule has 1 aliphatic carbocycles. The molecule has 2 N–H and O–H groups in total. The van der Waals surface area contributed by atoms with E-state index < -0.39 is 5.97 Å². The molecule has 0 aromatic carbocycles. The largest absolute Gasteiger partial charge is 0.480 e. The first kappa shape index (κ1) is 13.8. The third-order valence-electron chi connectivity index (χ3n) is 3.08. The number of carboxylic acid groups (broad SMARTS) is 1.